The first-order chi connectivity index (χ1) is 9.27. The lowest BCUT2D eigenvalue weighted by molar-refractivity contribution is 0.658. The van der Waals surface area contributed by atoms with Crippen molar-refractivity contribution in [2.45, 2.75) is 39.7 Å². The lowest BCUT2D eigenvalue weighted by atomic mass is 10.3. The number of rotatable bonds is 8. The highest BCUT2D eigenvalue weighted by atomic mass is 32.1. The van der Waals surface area contributed by atoms with Gasteiger partial charge in [-0.2, -0.15) is 0 Å². The summed E-state index contributed by atoms with van der Waals surface area (Å²) >= 11 is 1.70. The summed E-state index contributed by atoms with van der Waals surface area (Å²) in [6.07, 6.45) is 5.71. The number of hydrogen-bond acceptors (Lipinski definition) is 4. The Morgan fingerprint density at radius 3 is 2.95 bits per heavy atom. The van der Waals surface area contributed by atoms with Crippen LogP contribution < -0.4 is 10.2 Å². The van der Waals surface area contributed by atoms with Crippen LogP contribution in [0.4, 0.5) is 5.82 Å². The zero-order valence-electron chi connectivity index (χ0n) is 12.1. The quantitative estimate of drug-likeness (QED) is 0.754. The Bertz CT molecular complexity index is 502. The average Bonchev–Trinajstić information content (AvgIpc) is 2.98. The predicted molar refractivity (Wildman–Crippen MR) is 83.2 cm³/mol. The zero-order chi connectivity index (χ0) is 13.7. The maximum absolute atomic E-state index is 4.77. The molecule has 106 valence electrons. The SMILES string of the molecule is CCCCN(C)c1nc2sccn2c1CNCCC. The van der Waals surface area contributed by atoms with Gasteiger partial charge in [0.1, 0.15) is 0 Å². The molecular formula is C14H24N4S. The summed E-state index contributed by atoms with van der Waals surface area (Å²) in [7, 11) is 2.14. The van der Waals surface area contributed by atoms with E-state index in [-0.39, 0.29) is 0 Å². The Morgan fingerprint density at radius 1 is 1.37 bits per heavy atom. The van der Waals surface area contributed by atoms with E-state index in [1.165, 1.54) is 18.5 Å². The maximum atomic E-state index is 4.77. The van der Waals surface area contributed by atoms with Crippen LogP contribution in [0.5, 0.6) is 0 Å². The normalized spacial score (nSPS) is 11.3. The fourth-order valence-corrected chi connectivity index (χ4v) is 2.90. The van der Waals surface area contributed by atoms with Gasteiger partial charge in [0.25, 0.3) is 0 Å². The van der Waals surface area contributed by atoms with Crippen molar-refractivity contribution in [2.24, 2.45) is 0 Å². The van der Waals surface area contributed by atoms with E-state index in [9.17, 15) is 0 Å². The van der Waals surface area contributed by atoms with E-state index in [0.29, 0.717) is 0 Å². The van der Waals surface area contributed by atoms with Crippen LogP contribution in [-0.2, 0) is 6.54 Å². The second-order valence-corrected chi connectivity index (χ2v) is 5.76. The standard InChI is InChI=1S/C14H24N4S/c1-4-6-8-17(3)13-12(11-15-7-5-2)18-9-10-19-14(18)16-13/h9-10,15H,4-8,11H2,1-3H3. The molecule has 0 spiro atoms. The first-order valence-corrected chi connectivity index (χ1v) is 8.02. The Kier molecular flexibility index (Phi) is 5.22. The number of aromatic nitrogens is 2. The highest BCUT2D eigenvalue weighted by molar-refractivity contribution is 7.15. The van der Waals surface area contributed by atoms with Crippen molar-refractivity contribution in [1.29, 1.82) is 0 Å². The van der Waals surface area contributed by atoms with Crippen molar-refractivity contribution in [1.82, 2.24) is 14.7 Å². The Labute approximate surface area is 119 Å². The van der Waals surface area contributed by atoms with Crippen molar-refractivity contribution >= 4 is 22.1 Å². The van der Waals surface area contributed by atoms with Gasteiger partial charge in [0.2, 0.25) is 0 Å². The topological polar surface area (TPSA) is 32.6 Å². The molecule has 4 nitrogen and oxygen atoms in total. The summed E-state index contributed by atoms with van der Waals surface area (Å²) < 4.78 is 2.21. The number of hydrogen-bond donors (Lipinski definition) is 1. The molecule has 0 aliphatic heterocycles. The summed E-state index contributed by atoms with van der Waals surface area (Å²) in [5.74, 6) is 1.13. The van der Waals surface area contributed by atoms with Crippen LogP contribution in [-0.4, -0.2) is 29.5 Å². The van der Waals surface area contributed by atoms with Crippen molar-refractivity contribution in [3.8, 4) is 0 Å². The number of fused-ring (bicyclic) bond motifs is 1. The van der Waals surface area contributed by atoms with Crippen LogP contribution in [0, 0.1) is 0 Å². The third kappa shape index (κ3) is 3.28. The van der Waals surface area contributed by atoms with Gasteiger partial charge in [0.05, 0.1) is 5.69 Å². The summed E-state index contributed by atoms with van der Waals surface area (Å²) in [6, 6.07) is 0. The molecule has 0 atom stereocenters. The third-order valence-corrected chi connectivity index (χ3v) is 4.02. The van der Waals surface area contributed by atoms with E-state index in [2.05, 4.69) is 47.1 Å². The van der Waals surface area contributed by atoms with Gasteiger partial charge in [-0.3, -0.25) is 4.40 Å². The van der Waals surface area contributed by atoms with Gasteiger partial charge in [-0.05, 0) is 19.4 Å². The molecule has 0 aromatic carbocycles. The van der Waals surface area contributed by atoms with E-state index in [1.807, 2.05) is 0 Å². The van der Waals surface area contributed by atoms with E-state index in [0.717, 1.165) is 36.8 Å². The number of thiazole rings is 1. The summed E-state index contributed by atoms with van der Waals surface area (Å²) in [5.41, 5.74) is 1.28. The summed E-state index contributed by atoms with van der Waals surface area (Å²) in [5, 5.41) is 5.59. The van der Waals surface area contributed by atoms with Gasteiger partial charge in [-0.1, -0.05) is 20.3 Å². The second kappa shape index (κ2) is 6.91. The summed E-state index contributed by atoms with van der Waals surface area (Å²) in [6.45, 7) is 7.43. The van der Waals surface area contributed by atoms with Crippen LogP contribution in [0.25, 0.3) is 4.96 Å². The minimum atomic E-state index is 0.886. The molecule has 0 bridgehead atoms. The molecule has 0 fully saturated rings. The van der Waals surface area contributed by atoms with Crippen LogP contribution in [0.3, 0.4) is 0 Å². The second-order valence-electron chi connectivity index (χ2n) is 4.89. The van der Waals surface area contributed by atoms with Gasteiger partial charge in [0, 0.05) is 31.7 Å². The molecule has 5 heteroatoms. The molecule has 1 N–H and O–H groups in total. The fourth-order valence-electron chi connectivity index (χ4n) is 2.18. The monoisotopic (exact) mass is 280 g/mol. The lowest BCUT2D eigenvalue weighted by Gasteiger charge is -2.18. The highest BCUT2D eigenvalue weighted by Crippen LogP contribution is 2.24. The molecule has 0 saturated heterocycles. The van der Waals surface area contributed by atoms with Gasteiger partial charge in [-0.15, -0.1) is 11.3 Å². The highest BCUT2D eigenvalue weighted by Gasteiger charge is 2.15. The molecule has 0 saturated carbocycles. The first kappa shape index (κ1) is 14.3. The van der Waals surface area contributed by atoms with Crippen LogP contribution >= 0.6 is 11.3 Å². The predicted octanol–water partition coefficient (Wildman–Crippen LogP) is 3.13. The van der Waals surface area contributed by atoms with E-state index >= 15 is 0 Å². The molecule has 0 aliphatic rings. The molecule has 19 heavy (non-hydrogen) atoms. The molecule has 0 radical (unpaired) electrons. The van der Waals surface area contributed by atoms with Gasteiger partial charge in [-0.25, -0.2) is 4.98 Å². The number of nitrogens with one attached hydrogen (secondary N) is 1. The van der Waals surface area contributed by atoms with Crippen molar-refractivity contribution in [3.63, 3.8) is 0 Å². The van der Waals surface area contributed by atoms with Crippen LogP contribution in [0.1, 0.15) is 38.8 Å². The molecule has 0 unspecified atom stereocenters. The van der Waals surface area contributed by atoms with Gasteiger partial charge >= 0.3 is 0 Å². The molecule has 0 amide bonds. The molecule has 2 aromatic rings. The minimum absolute atomic E-state index is 0.886. The maximum Gasteiger partial charge on any atom is 0.195 e. The Morgan fingerprint density at radius 2 is 2.21 bits per heavy atom. The third-order valence-electron chi connectivity index (χ3n) is 3.27. The Hall–Kier alpha value is -1.07. The van der Waals surface area contributed by atoms with E-state index < -0.39 is 0 Å². The number of imidazole rings is 1. The number of anilines is 1. The smallest absolute Gasteiger partial charge is 0.195 e. The number of nitrogens with zero attached hydrogens (tertiary/aromatic N) is 3. The van der Waals surface area contributed by atoms with E-state index in [4.69, 9.17) is 4.98 Å². The van der Waals surface area contributed by atoms with Crippen molar-refractivity contribution < 1.29 is 0 Å². The average molecular weight is 280 g/mol. The van der Waals surface area contributed by atoms with Crippen LogP contribution in [0.15, 0.2) is 11.6 Å². The van der Waals surface area contributed by atoms with Crippen LogP contribution in [0.2, 0.25) is 0 Å². The van der Waals surface area contributed by atoms with Gasteiger partial charge < -0.3 is 10.2 Å². The summed E-state index contributed by atoms with van der Waals surface area (Å²) in [4.78, 5) is 8.15. The zero-order valence-corrected chi connectivity index (χ0v) is 13.0. The Balaban J connectivity index is 2.20. The van der Waals surface area contributed by atoms with Crippen molar-refractivity contribution in [3.05, 3.63) is 17.3 Å². The largest absolute Gasteiger partial charge is 0.358 e. The molecular weight excluding hydrogens is 256 g/mol. The minimum Gasteiger partial charge on any atom is -0.358 e. The fraction of sp³-hybridized carbons (Fsp3) is 0.643. The molecule has 2 rings (SSSR count). The molecule has 0 aliphatic carbocycles. The van der Waals surface area contributed by atoms with Gasteiger partial charge in [0.15, 0.2) is 10.8 Å². The molecule has 2 heterocycles. The molecule has 2 aromatic heterocycles. The number of unbranched alkanes of at least 4 members (excludes halogenated alkanes) is 1. The lowest BCUT2D eigenvalue weighted by Crippen LogP contribution is -2.23. The van der Waals surface area contributed by atoms with E-state index in [1.54, 1.807) is 11.3 Å². The first-order valence-electron chi connectivity index (χ1n) is 7.14. The van der Waals surface area contributed by atoms with Crippen molar-refractivity contribution in [2.75, 3.05) is 25.0 Å².